The Morgan fingerprint density at radius 1 is 1.00 bits per heavy atom. The lowest BCUT2D eigenvalue weighted by Gasteiger charge is -2.28. The summed E-state index contributed by atoms with van der Waals surface area (Å²) in [6.07, 6.45) is 5.16. The third-order valence-electron chi connectivity index (χ3n) is 6.92. The minimum Gasteiger partial charge on any atom is -0.479 e. The third-order valence-corrected chi connectivity index (χ3v) is 6.92. The van der Waals surface area contributed by atoms with Gasteiger partial charge in [0, 0.05) is 13.0 Å². The Kier molecular flexibility index (Phi) is 8.02. The first kappa shape index (κ1) is 24.7. The summed E-state index contributed by atoms with van der Waals surface area (Å²) in [5.74, 6) is -1.45. The van der Waals surface area contributed by atoms with E-state index in [4.69, 9.17) is 14.7 Å². The molecule has 2 aliphatic rings. The molecule has 0 spiro atoms. The molecule has 0 saturated heterocycles. The van der Waals surface area contributed by atoms with Crippen molar-refractivity contribution in [2.24, 2.45) is 5.92 Å². The number of rotatable bonds is 9. The summed E-state index contributed by atoms with van der Waals surface area (Å²) in [5, 5.41) is 12.5. The van der Waals surface area contributed by atoms with Crippen molar-refractivity contribution in [3.8, 4) is 11.1 Å². The van der Waals surface area contributed by atoms with E-state index in [1.165, 1.54) is 13.5 Å². The Hall–Kier alpha value is -3.39. The van der Waals surface area contributed by atoms with Gasteiger partial charge in [0.05, 0.1) is 0 Å². The maximum absolute atomic E-state index is 13.0. The van der Waals surface area contributed by atoms with Crippen LogP contribution in [-0.4, -0.2) is 54.4 Å². The van der Waals surface area contributed by atoms with Crippen LogP contribution >= 0.6 is 0 Å². The fourth-order valence-corrected chi connectivity index (χ4v) is 5.20. The normalized spacial score (nSPS) is 16.1. The molecule has 8 nitrogen and oxygen atoms in total. The lowest BCUT2D eigenvalue weighted by molar-refractivity contribution is -0.187. The number of carbonyl (C=O) groups excluding carboxylic acids is 2. The Morgan fingerprint density at radius 2 is 1.60 bits per heavy atom. The maximum atomic E-state index is 13.0. The predicted molar refractivity (Wildman–Crippen MR) is 130 cm³/mol. The van der Waals surface area contributed by atoms with Gasteiger partial charge in [-0.2, -0.15) is 0 Å². The van der Waals surface area contributed by atoms with Gasteiger partial charge < -0.3 is 15.2 Å². The van der Waals surface area contributed by atoms with Crippen LogP contribution in [0.15, 0.2) is 48.5 Å². The van der Waals surface area contributed by atoms with Crippen LogP contribution in [0.2, 0.25) is 0 Å². The number of nitrogens with zero attached hydrogens (tertiary/aromatic N) is 1. The Morgan fingerprint density at radius 3 is 2.20 bits per heavy atom. The number of hydrogen-bond donors (Lipinski definition) is 2. The van der Waals surface area contributed by atoms with Crippen molar-refractivity contribution < 1.29 is 29.1 Å². The second-order valence-corrected chi connectivity index (χ2v) is 9.27. The molecule has 8 heteroatoms. The lowest BCUT2D eigenvalue weighted by atomic mass is 9.84. The summed E-state index contributed by atoms with van der Waals surface area (Å²) in [6, 6.07) is 15.3. The molecule has 0 heterocycles. The van der Waals surface area contributed by atoms with Crippen molar-refractivity contribution in [1.82, 2.24) is 10.4 Å². The molecule has 2 aromatic carbocycles. The number of alkyl carbamates (subject to hydrolysis) is 1. The van der Waals surface area contributed by atoms with Gasteiger partial charge in [-0.05, 0) is 34.6 Å². The van der Waals surface area contributed by atoms with Gasteiger partial charge in [0.2, 0.25) is 0 Å². The molecule has 2 amide bonds. The first-order valence-corrected chi connectivity index (χ1v) is 12.2. The van der Waals surface area contributed by atoms with E-state index in [0.717, 1.165) is 53.0 Å². The van der Waals surface area contributed by atoms with E-state index < -0.39 is 30.6 Å². The van der Waals surface area contributed by atoms with E-state index in [1.807, 2.05) is 36.4 Å². The number of carboxylic acid groups (broad SMARTS) is 1. The molecule has 1 atom stereocenters. The number of amides is 2. The fourth-order valence-electron chi connectivity index (χ4n) is 5.20. The molecule has 2 aliphatic carbocycles. The zero-order valence-corrected chi connectivity index (χ0v) is 19.9. The first-order chi connectivity index (χ1) is 16.9. The van der Waals surface area contributed by atoms with Crippen molar-refractivity contribution in [3.05, 3.63) is 59.7 Å². The van der Waals surface area contributed by atoms with Crippen molar-refractivity contribution >= 4 is 18.0 Å². The second-order valence-electron chi connectivity index (χ2n) is 9.27. The number of hydroxylamine groups is 2. The molecular weight excluding hydrogens is 448 g/mol. The highest BCUT2D eigenvalue weighted by atomic mass is 16.7. The molecule has 0 aliphatic heterocycles. The molecule has 2 N–H and O–H groups in total. The minimum atomic E-state index is -1.18. The predicted octanol–water partition coefficient (Wildman–Crippen LogP) is 4.34. The van der Waals surface area contributed by atoms with Gasteiger partial charge in [-0.25, -0.2) is 14.7 Å². The van der Waals surface area contributed by atoms with Crippen molar-refractivity contribution in [2.45, 2.75) is 50.5 Å². The van der Waals surface area contributed by atoms with Crippen LogP contribution in [0, 0.1) is 5.92 Å². The van der Waals surface area contributed by atoms with Crippen LogP contribution in [0.5, 0.6) is 0 Å². The number of aliphatic carboxylic acids is 1. The molecule has 0 aromatic heterocycles. The number of likely N-dealkylation sites (N-methyl/N-ethyl adjacent to an activating group) is 1. The number of ether oxygens (including phenoxy) is 1. The Balaban J connectivity index is 1.42. The maximum Gasteiger partial charge on any atom is 0.407 e. The summed E-state index contributed by atoms with van der Waals surface area (Å²) < 4.78 is 5.63. The summed E-state index contributed by atoms with van der Waals surface area (Å²) in [4.78, 5) is 41.7. The quantitative estimate of drug-likeness (QED) is 0.518. The molecule has 2 aromatic rings. The highest BCUT2D eigenvalue weighted by molar-refractivity contribution is 5.85. The van der Waals surface area contributed by atoms with Gasteiger partial charge >= 0.3 is 12.1 Å². The van der Waals surface area contributed by atoms with Crippen LogP contribution in [0.25, 0.3) is 11.1 Å². The van der Waals surface area contributed by atoms with Gasteiger partial charge in [-0.1, -0.05) is 80.6 Å². The standard InChI is InChI=1S/C27H32N2O6/c1-29(35-17-25(30)31)26(32)24(15-18-9-3-2-4-10-18)28-27(33)34-16-23-21-13-7-5-11-19(21)20-12-6-8-14-22(20)23/h5-8,11-14,18,23-24H,2-4,9-10,15-17H2,1H3,(H,28,33)(H,30,31). The molecule has 1 unspecified atom stereocenters. The summed E-state index contributed by atoms with van der Waals surface area (Å²) in [5.41, 5.74) is 4.50. The second kappa shape index (κ2) is 11.4. The van der Waals surface area contributed by atoms with E-state index in [1.54, 1.807) is 0 Å². The topological polar surface area (TPSA) is 105 Å². The number of carboxylic acids is 1. The van der Waals surface area contributed by atoms with E-state index in [0.29, 0.717) is 12.3 Å². The van der Waals surface area contributed by atoms with Crippen molar-refractivity contribution in [1.29, 1.82) is 0 Å². The Bertz CT molecular complexity index is 1020. The van der Waals surface area contributed by atoms with Gasteiger partial charge in [-0.15, -0.1) is 0 Å². The fraction of sp³-hybridized carbons (Fsp3) is 0.444. The van der Waals surface area contributed by atoms with E-state index >= 15 is 0 Å². The Labute approximate surface area is 205 Å². The smallest absolute Gasteiger partial charge is 0.407 e. The van der Waals surface area contributed by atoms with Crippen LogP contribution < -0.4 is 5.32 Å². The van der Waals surface area contributed by atoms with Crippen LogP contribution in [0.1, 0.15) is 55.6 Å². The molecule has 1 saturated carbocycles. The van der Waals surface area contributed by atoms with Crippen LogP contribution in [0.4, 0.5) is 4.79 Å². The average Bonchev–Trinajstić information content (AvgIpc) is 3.19. The molecule has 35 heavy (non-hydrogen) atoms. The van der Waals surface area contributed by atoms with Gasteiger partial charge in [0.15, 0.2) is 6.61 Å². The molecule has 0 radical (unpaired) electrons. The first-order valence-electron chi connectivity index (χ1n) is 12.2. The zero-order valence-electron chi connectivity index (χ0n) is 19.9. The summed E-state index contributed by atoms with van der Waals surface area (Å²) in [7, 11) is 1.36. The van der Waals surface area contributed by atoms with Gasteiger partial charge in [0.25, 0.3) is 5.91 Å². The molecule has 186 valence electrons. The van der Waals surface area contributed by atoms with Crippen LogP contribution in [0.3, 0.4) is 0 Å². The number of hydrogen-bond acceptors (Lipinski definition) is 5. The monoisotopic (exact) mass is 480 g/mol. The van der Waals surface area contributed by atoms with E-state index in [-0.39, 0.29) is 12.5 Å². The molecule has 0 bridgehead atoms. The van der Waals surface area contributed by atoms with E-state index in [9.17, 15) is 14.4 Å². The summed E-state index contributed by atoms with van der Waals surface area (Å²) in [6.45, 7) is -0.487. The third kappa shape index (κ3) is 6.00. The molecular formula is C27H32N2O6. The molecule has 4 rings (SSSR count). The van der Waals surface area contributed by atoms with Crippen LogP contribution in [-0.2, 0) is 19.2 Å². The number of benzene rings is 2. The number of fused-ring (bicyclic) bond motifs is 3. The van der Waals surface area contributed by atoms with Gasteiger partial charge in [0.1, 0.15) is 12.6 Å². The highest BCUT2D eigenvalue weighted by Crippen LogP contribution is 2.44. The SMILES string of the molecule is CN(OCC(=O)O)C(=O)C(CC1CCCCC1)NC(=O)OCC1c2ccccc2-c2ccccc21. The largest absolute Gasteiger partial charge is 0.479 e. The summed E-state index contributed by atoms with van der Waals surface area (Å²) >= 11 is 0. The highest BCUT2D eigenvalue weighted by Gasteiger charge is 2.32. The lowest BCUT2D eigenvalue weighted by Crippen LogP contribution is -2.49. The average molecular weight is 481 g/mol. The molecule has 1 fully saturated rings. The van der Waals surface area contributed by atoms with Crippen molar-refractivity contribution in [2.75, 3.05) is 20.3 Å². The van der Waals surface area contributed by atoms with Crippen molar-refractivity contribution in [3.63, 3.8) is 0 Å². The number of nitrogens with one attached hydrogen (secondary N) is 1. The van der Waals surface area contributed by atoms with E-state index in [2.05, 4.69) is 17.4 Å². The number of carbonyl (C=O) groups is 3. The van der Waals surface area contributed by atoms with Gasteiger partial charge in [-0.3, -0.25) is 9.63 Å². The minimum absolute atomic E-state index is 0.0813. The zero-order chi connectivity index (χ0) is 24.8.